The van der Waals surface area contributed by atoms with Gasteiger partial charge in [-0.05, 0) is 56.7 Å². The molecule has 1 N–H and O–H groups in total. The SMILES string of the molecule is OC(Cc1nc(-c2ncc(Br)cc2Br)no1)C1CCCC1. The molecule has 1 fully saturated rings. The second-order valence-corrected chi connectivity index (χ2v) is 7.08. The molecule has 1 unspecified atom stereocenters. The molecule has 2 heterocycles. The number of halogens is 2. The molecule has 7 heteroatoms. The summed E-state index contributed by atoms with van der Waals surface area (Å²) >= 11 is 6.79. The number of aromatic nitrogens is 3. The topological polar surface area (TPSA) is 72.0 Å². The Kier molecular flexibility index (Phi) is 4.71. The molecule has 1 aliphatic carbocycles. The van der Waals surface area contributed by atoms with E-state index in [1.165, 1.54) is 12.8 Å². The summed E-state index contributed by atoms with van der Waals surface area (Å²) in [6, 6.07) is 1.88. The minimum absolute atomic E-state index is 0.359. The number of hydrogen-bond donors (Lipinski definition) is 1. The molecular formula is C14H15Br2N3O2. The molecular weight excluding hydrogens is 402 g/mol. The first-order chi connectivity index (χ1) is 10.1. The Morgan fingerprint density at radius 3 is 2.81 bits per heavy atom. The Morgan fingerprint density at radius 2 is 2.10 bits per heavy atom. The Balaban J connectivity index is 1.73. The molecule has 1 atom stereocenters. The van der Waals surface area contributed by atoms with Crippen LogP contribution in [-0.2, 0) is 6.42 Å². The summed E-state index contributed by atoms with van der Waals surface area (Å²) < 4.78 is 6.91. The number of aliphatic hydroxyl groups is 1. The van der Waals surface area contributed by atoms with E-state index in [4.69, 9.17) is 4.52 Å². The van der Waals surface area contributed by atoms with Crippen molar-refractivity contribution in [1.82, 2.24) is 15.1 Å². The molecule has 0 aromatic carbocycles. The summed E-state index contributed by atoms with van der Waals surface area (Å²) in [5.41, 5.74) is 0.628. The van der Waals surface area contributed by atoms with Crippen molar-refractivity contribution in [1.29, 1.82) is 0 Å². The van der Waals surface area contributed by atoms with Crippen LogP contribution in [0, 0.1) is 5.92 Å². The molecule has 112 valence electrons. The zero-order valence-corrected chi connectivity index (χ0v) is 14.5. The predicted molar refractivity (Wildman–Crippen MR) is 84.6 cm³/mol. The molecule has 0 amide bonds. The van der Waals surface area contributed by atoms with E-state index in [0.717, 1.165) is 21.8 Å². The second kappa shape index (κ2) is 6.54. The van der Waals surface area contributed by atoms with Crippen LogP contribution in [0.2, 0.25) is 0 Å². The molecule has 2 aromatic heterocycles. The summed E-state index contributed by atoms with van der Waals surface area (Å²) in [6.07, 6.45) is 6.26. The zero-order chi connectivity index (χ0) is 14.8. The van der Waals surface area contributed by atoms with Gasteiger partial charge in [0.25, 0.3) is 0 Å². The van der Waals surface area contributed by atoms with Gasteiger partial charge >= 0.3 is 0 Å². The number of aliphatic hydroxyl groups excluding tert-OH is 1. The van der Waals surface area contributed by atoms with Gasteiger partial charge in [-0.3, -0.25) is 4.98 Å². The van der Waals surface area contributed by atoms with Crippen LogP contribution in [0.15, 0.2) is 25.7 Å². The molecule has 5 nitrogen and oxygen atoms in total. The van der Waals surface area contributed by atoms with E-state index in [1.807, 2.05) is 6.07 Å². The summed E-state index contributed by atoms with van der Waals surface area (Å²) in [6.45, 7) is 0. The third kappa shape index (κ3) is 3.52. The molecule has 1 saturated carbocycles. The van der Waals surface area contributed by atoms with Gasteiger partial charge in [0, 0.05) is 15.1 Å². The highest BCUT2D eigenvalue weighted by molar-refractivity contribution is 9.11. The molecule has 0 radical (unpaired) electrons. The van der Waals surface area contributed by atoms with Crippen molar-refractivity contribution in [2.24, 2.45) is 5.92 Å². The standard InChI is InChI=1S/C14H15Br2N3O2/c15-9-5-10(16)13(17-7-9)14-18-12(21-19-14)6-11(20)8-3-1-2-4-8/h5,7-8,11,20H,1-4,6H2. The van der Waals surface area contributed by atoms with Crippen LogP contribution in [0.4, 0.5) is 0 Å². The average molecular weight is 417 g/mol. The van der Waals surface area contributed by atoms with Gasteiger partial charge in [-0.2, -0.15) is 4.98 Å². The molecule has 2 aromatic rings. The minimum Gasteiger partial charge on any atom is -0.392 e. The van der Waals surface area contributed by atoms with E-state index in [9.17, 15) is 5.11 Å². The Bertz CT molecular complexity index is 626. The van der Waals surface area contributed by atoms with Crippen molar-refractivity contribution < 1.29 is 9.63 Å². The maximum absolute atomic E-state index is 10.2. The van der Waals surface area contributed by atoms with Crippen LogP contribution < -0.4 is 0 Å². The van der Waals surface area contributed by atoms with Gasteiger partial charge in [-0.1, -0.05) is 18.0 Å². The van der Waals surface area contributed by atoms with Crippen LogP contribution >= 0.6 is 31.9 Å². The van der Waals surface area contributed by atoms with E-state index in [0.29, 0.717) is 29.7 Å². The third-order valence-electron chi connectivity index (χ3n) is 3.82. The van der Waals surface area contributed by atoms with Gasteiger partial charge in [0.05, 0.1) is 12.5 Å². The van der Waals surface area contributed by atoms with Crippen molar-refractivity contribution in [3.8, 4) is 11.5 Å². The normalized spacial score (nSPS) is 17.3. The summed E-state index contributed by atoms with van der Waals surface area (Å²) in [7, 11) is 0. The molecule has 1 aliphatic rings. The molecule has 0 aliphatic heterocycles. The lowest BCUT2D eigenvalue weighted by atomic mass is 9.98. The van der Waals surface area contributed by atoms with E-state index < -0.39 is 6.10 Å². The summed E-state index contributed by atoms with van der Waals surface area (Å²) in [4.78, 5) is 8.61. The Morgan fingerprint density at radius 1 is 1.33 bits per heavy atom. The fourth-order valence-electron chi connectivity index (χ4n) is 2.70. The number of rotatable bonds is 4. The lowest BCUT2D eigenvalue weighted by Crippen LogP contribution is -2.20. The third-order valence-corrected chi connectivity index (χ3v) is 4.85. The van der Waals surface area contributed by atoms with Gasteiger partial charge in [-0.25, -0.2) is 0 Å². The summed E-state index contributed by atoms with van der Waals surface area (Å²) in [5.74, 6) is 1.25. The van der Waals surface area contributed by atoms with E-state index in [1.54, 1.807) is 6.20 Å². The number of pyridine rings is 1. The Labute approximate surface area is 139 Å². The first-order valence-corrected chi connectivity index (χ1v) is 8.54. The van der Waals surface area contributed by atoms with E-state index in [-0.39, 0.29) is 0 Å². The van der Waals surface area contributed by atoms with Gasteiger partial charge in [0.15, 0.2) is 0 Å². The maximum Gasteiger partial charge on any atom is 0.229 e. The van der Waals surface area contributed by atoms with Crippen molar-refractivity contribution in [2.45, 2.75) is 38.2 Å². The molecule has 21 heavy (non-hydrogen) atoms. The highest BCUT2D eigenvalue weighted by Gasteiger charge is 2.25. The van der Waals surface area contributed by atoms with Crippen LogP contribution in [-0.4, -0.2) is 26.3 Å². The molecule has 3 rings (SSSR count). The molecule has 0 spiro atoms. The van der Waals surface area contributed by atoms with Gasteiger partial charge in [0.2, 0.25) is 11.7 Å². The highest BCUT2D eigenvalue weighted by Crippen LogP contribution is 2.30. The van der Waals surface area contributed by atoms with Gasteiger partial charge in [0.1, 0.15) is 5.69 Å². The fraction of sp³-hybridized carbons (Fsp3) is 0.500. The fourth-order valence-corrected chi connectivity index (χ4v) is 3.87. The number of hydrogen-bond acceptors (Lipinski definition) is 5. The minimum atomic E-state index is -0.401. The first kappa shape index (κ1) is 15.1. The van der Waals surface area contributed by atoms with Crippen molar-refractivity contribution in [2.75, 3.05) is 0 Å². The van der Waals surface area contributed by atoms with Crippen LogP contribution in [0.3, 0.4) is 0 Å². The Hall–Kier alpha value is -0.790. The lowest BCUT2D eigenvalue weighted by Gasteiger charge is -2.14. The second-order valence-electron chi connectivity index (χ2n) is 5.31. The quantitative estimate of drug-likeness (QED) is 0.821. The monoisotopic (exact) mass is 415 g/mol. The zero-order valence-electron chi connectivity index (χ0n) is 11.3. The van der Waals surface area contributed by atoms with Crippen LogP contribution in [0.25, 0.3) is 11.5 Å². The maximum atomic E-state index is 10.2. The van der Waals surface area contributed by atoms with E-state index in [2.05, 4.69) is 47.0 Å². The van der Waals surface area contributed by atoms with Gasteiger partial charge < -0.3 is 9.63 Å². The van der Waals surface area contributed by atoms with E-state index >= 15 is 0 Å². The van der Waals surface area contributed by atoms with Crippen molar-refractivity contribution in [3.63, 3.8) is 0 Å². The highest BCUT2D eigenvalue weighted by atomic mass is 79.9. The average Bonchev–Trinajstić information content (AvgIpc) is 3.09. The first-order valence-electron chi connectivity index (χ1n) is 6.95. The smallest absolute Gasteiger partial charge is 0.229 e. The van der Waals surface area contributed by atoms with Crippen LogP contribution in [0.5, 0.6) is 0 Å². The van der Waals surface area contributed by atoms with Crippen molar-refractivity contribution >= 4 is 31.9 Å². The summed E-state index contributed by atoms with van der Waals surface area (Å²) in [5, 5.41) is 14.2. The van der Waals surface area contributed by atoms with Crippen LogP contribution in [0.1, 0.15) is 31.6 Å². The largest absolute Gasteiger partial charge is 0.392 e. The molecule has 0 saturated heterocycles. The van der Waals surface area contributed by atoms with Crippen molar-refractivity contribution in [3.05, 3.63) is 27.1 Å². The number of nitrogens with zero attached hydrogens (tertiary/aromatic N) is 3. The lowest BCUT2D eigenvalue weighted by molar-refractivity contribution is 0.102. The van der Waals surface area contributed by atoms with Gasteiger partial charge in [-0.15, -0.1) is 0 Å². The molecule has 0 bridgehead atoms. The predicted octanol–water partition coefficient (Wildman–Crippen LogP) is 3.75.